The highest BCUT2D eigenvalue weighted by Crippen LogP contribution is 2.29. The fourth-order valence-electron chi connectivity index (χ4n) is 2.85. The van der Waals surface area contributed by atoms with Crippen LogP contribution in [0.4, 0.5) is 11.6 Å². The van der Waals surface area contributed by atoms with Crippen LogP contribution in [-0.4, -0.2) is 27.2 Å². The number of hydrazine groups is 1. The van der Waals surface area contributed by atoms with Crippen LogP contribution in [0.3, 0.4) is 0 Å². The fourth-order valence-corrected chi connectivity index (χ4v) is 2.85. The van der Waals surface area contributed by atoms with Gasteiger partial charge in [0.15, 0.2) is 0 Å². The first-order valence-electron chi connectivity index (χ1n) is 7.88. The van der Waals surface area contributed by atoms with Gasteiger partial charge in [-0.25, -0.2) is 15.8 Å². The molecule has 2 rings (SSSR count). The number of nitrogens with zero attached hydrogens (tertiary/aromatic N) is 2. The lowest BCUT2D eigenvalue weighted by Crippen LogP contribution is -2.39. The van der Waals surface area contributed by atoms with Crippen molar-refractivity contribution in [3.63, 3.8) is 0 Å². The maximum absolute atomic E-state index is 10.6. The zero-order valence-electron chi connectivity index (χ0n) is 13.1. The van der Waals surface area contributed by atoms with Crippen molar-refractivity contribution in [2.45, 2.75) is 64.4 Å². The van der Waals surface area contributed by atoms with E-state index < -0.39 is 5.60 Å². The predicted octanol–water partition coefficient (Wildman–Crippen LogP) is 2.13. The van der Waals surface area contributed by atoms with E-state index in [-0.39, 0.29) is 0 Å². The third-order valence-electron chi connectivity index (χ3n) is 4.17. The third kappa shape index (κ3) is 4.04. The van der Waals surface area contributed by atoms with Gasteiger partial charge >= 0.3 is 0 Å². The van der Waals surface area contributed by atoms with Gasteiger partial charge in [-0.3, -0.25) is 0 Å². The maximum Gasteiger partial charge on any atom is 0.148 e. The van der Waals surface area contributed by atoms with Gasteiger partial charge in [0.25, 0.3) is 0 Å². The molecule has 21 heavy (non-hydrogen) atoms. The van der Waals surface area contributed by atoms with Gasteiger partial charge in [-0.15, -0.1) is 0 Å². The summed E-state index contributed by atoms with van der Waals surface area (Å²) in [6, 6.07) is 0. The molecule has 0 saturated heterocycles. The van der Waals surface area contributed by atoms with Crippen LogP contribution in [-0.2, 0) is 6.42 Å². The largest absolute Gasteiger partial charge is 0.388 e. The zero-order chi connectivity index (χ0) is 15.3. The summed E-state index contributed by atoms with van der Waals surface area (Å²) in [7, 11) is 0. The minimum absolute atomic E-state index is 0.528. The molecule has 118 valence electrons. The Morgan fingerprint density at radius 2 is 1.86 bits per heavy atom. The van der Waals surface area contributed by atoms with Crippen LogP contribution in [0.25, 0.3) is 0 Å². The predicted molar refractivity (Wildman–Crippen MR) is 85.1 cm³/mol. The van der Waals surface area contributed by atoms with Gasteiger partial charge in [-0.2, -0.15) is 0 Å². The minimum atomic E-state index is -0.614. The maximum atomic E-state index is 10.6. The minimum Gasteiger partial charge on any atom is -0.388 e. The first-order valence-corrected chi connectivity index (χ1v) is 7.88. The second-order valence-corrected chi connectivity index (χ2v) is 5.99. The summed E-state index contributed by atoms with van der Waals surface area (Å²) in [5.74, 6) is 7.71. The number of nitrogen functional groups attached to an aromatic ring is 1. The Bertz CT molecular complexity index is 471. The van der Waals surface area contributed by atoms with E-state index >= 15 is 0 Å². The first-order chi connectivity index (χ1) is 10.1. The molecule has 0 bridgehead atoms. The summed E-state index contributed by atoms with van der Waals surface area (Å²) in [6.07, 6.45) is 6.91. The van der Waals surface area contributed by atoms with E-state index in [0.29, 0.717) is 12.4 Å². The first kappa shape index (κ1) is 16.0. The molecular formula is C15H27N5O. The Kier molecular flexibility index (Phi) is 5.36. The van der Waals surface area contributed by atoms with Crippen molar-refractivity contribution in [3.8, 4) is 0 Å². The lowest BCUT2D eigenvalue weighted by molar-refractivity contribution is 0.0166. The van der Waals surface area contributed by atoms with E-state index in [1.165, 1.54) is 6.42 Å². The number of aliphatic hydroxyl groups is 1. The topological polar surface area (TPSA) is 96.1 Å². The van der Waals surface area contributed by atoms with Crippen molar-refractivity contribution in [2.75, 3.05) is 17.3 Å². The van der Waals surface area contributed by atoms with Crippen molar-refractivity contribution in [3.05, 3.63) is 11.4 Å². The molecular weight excluding hydrogens is 266 g/mol. The Morgan fingerprint density at radius 1 is 1.19 bits per heavy atom. The van der Waals surface area contributed by atoms with Crippen molar-refractivity contribution < 1.29 is 5.11 Å². The van der Waals surface area contributed by atoms with Crippen LogP contribution < -0.4 is 16.6 Å². The monoisotopic (exact) mass is 293 g/mol. The molecule has 0 unspecified atom stereocenters. The van der Waals surface area contributed by atoms with E-state index in [1.54, 1.807) is 0 Å². The quantitative estimate of drug-likeness (QED) is 0.474. The molecule has 1 heterocycles. The summed E-state index contributed by atoms with van der Waals surface area (Å²) in [5.41, 5.74) is 2.90. The molecule has 6 heteroatoms. The molecule has 0 spiro atoms. The number of aromatic nitrogens is 2. The molecule has 0 aliphatic heterocycles. The molecule has 1 aliphatic rings. The molecule has 0 radical (unpaired) electrons. The fraction of sp³-hybridized carbons (Fsp3) is 0.733. The average molecular weight is 293 g/mol. The Hall–Kier alpha value is -1.40. The Morgan fingerprint density at radius 3 is 2.48 bits per heavy atom. The molecule has 1 aromatic heterocycles. The molecule has 0 amide bonds. The number of rotatable bonds is 6. The Labute approximate surface area is 126 Å². The van der Waals surface area contributed by atoms with Crippen molar-refractivity contribution >= 4 is 11.6 Å². The standard InChI is InChI=1S/C15H27N5O/c1-3-7-12-18-13(11(2)14(19-12)20-16)17-10-15(21)8-5-4-6-9-15/h21H,3-10,16H2,1-2H3,(H2,17,18,19,20). The highest BCUT2D eigenvalue weighted by molar-refractivity contribution is 5.56. The number of nitrogens with two attached hydrogens (primary N) is 1. The van der Waals surface area contributed by atoms with E-state index in [9.17, 15) is 5.11 Å². The number of aryl methyl sites for hydroxylation is 1. The number of hydrogen-bond donors (Lipinski definition) is 4. The van der Waals surface area contributed by atoms with Gasteiger partial charge in [0.05, 0.1) is 5.60 Å². The average Bonchev–Trinajstić information content (AvgIpc) is 2.48. The van der Waals surface area contributed by atoms with Crippen LogP contribution in [0.1, 0.15) is 56.8 Å². The van der Waals surface area contributed by atoms with Gasteiger partial charge < -0.3 is 15.8 Å². The highest BCUT2D eigenvalue weighted by atomic mass is 16.3. The van der Waals surface area contributed by atoms with E-state index in [0.717, 1.165) is 55.7 Å². The van der Waals surface area contributed by atoms with Crippen LogP contribution in [0.2, 0.25) is 0 Å². The second-order valence-electron chi connectivity index (χ2n) is 5.99. The number of nitrogens with one attached hydrogen (secondary N) is 2. The third-order valence-corrected chi connectivity index (χ3v) is 4.17. The van der Waals surface area contributed by atoms with Crippen molar-refractivity contribution in [1.29, 1.82) is 0 Å². The second kappa shape index (κ2) is 7.04. The SMILES string of the molecule is CCCc1nc(NN)c(C)c(NCC2(O)CCCCC2)n1. The van der Waals surface area contributed by atoms with Crippen LogP contribution >= 0.6 is 0 Å². The summed E-state index contributed by atoms with van der Waals surface area (Å²) < 4.78 is 0. The van der Waals surface area contributed by atoms with Crippen LogP contribution in [0, 0.1) is 6.92 Å². The van der Waals surface area contributed by atoms with E-state index in [2.05, 4.69) is 27.6 Å². The summed E-state index contributed by atoms with van der Waals surface area (Å²) in [6.45, 7) is 4.55. The van der Waals surface area contributed by atoms with Crippen molar-refractivity contribution in [2.24, 2.45) is 5.84 Å². The molecule has 1 fully saturated rings. The van der Waals surface area contributed by atoms with Gasteiger partial charge in [0.2, 0.25) is 0 Å². The highest BCUT2D eigenvalue weighted by Gasteiger charge is 2.29. The van der Waals surface area contributed by atoms with Crippen LogP contribution in [0.15, 0.2) is 0 Å². The summed E-state index contributed by atoms with van der Waals surface area (Å²) >= 11 is 0. The van der Waals surface area contributed by atoms with E-state index in [4.69, 9.17) is 5.84 Å². The van der Waals surface area contributed by atoms with Gasteiger partial charge in [-0.05, 0) is 26.2 Å². The molecule has 1 aliphatic carbocycles. The van der Waals surface area contributed by atoms with Gasteiger partial charge in [-0.1, -0.05) is 26.2 Å². The number of hydrogen-bond acceptors (Lipinski definition) is 6. The lowest BCUT2D eigenvalue weighted by Gasteiger charge is -2.32. The molecule has 5 N–H and O–H groups in total. The summed E-state index contributed by atoms with van der Waals surface area (Å²) in [4.78, 5) is 8.96. The number of anilines is 2. The lowest BCUT2D eigenvalue weighted by atomic mass is 9.85. The van der Waals surface area contributed by atoms with Gasteiger partial charge in [0.1, 0.15) is 17.5 Å². The zero-order valence-corrected chi connectivity index (χ0v) is 13.1. The molecule has 0 atom stereocenters. The summed E-state index contributed by atoms with van der Waals surface area (Å²) in [5, 5.41) is 13.9. The van der Waals surface area contributed by atoms with Gasteiger partial charge in [0, 0.05) is 18.5 Å². The Balaban J connectivity index is 2.12. The van der Waals surface area contributed by atoms with Crippen LogP contribution in [0.5, 0.6) is 0 Å². The smallest absolute Gasteiger partial charge is 0.148 e. The van der Waals surface area contributed by atoms with E-state index in [1.807, 2.05) is 6.92 Å². The molecule has 1 saturated carbocycles. The van der Waals surface area contributed by atoms with Crippen molar-refractivity contribution in [1.82, 2.24) is 9.97 Å². The molecule has 0 aromatic carbocycles. The normalized spacial score (nSPS) is 17.5. The molecule has 6 nitrogen and oxygen atoms in total. The molecule has 1 aromatic rings.